The number of nitrogens with one attached hydrogen (secondary N) is 1. The monoisotopic (exact) mass is 259 g/mol. The first kappa shape index (κ1) is 12.5. The highest BCUT2D eigenvalue weighted by atomic mass is 16.7. The summed E-state index contributed by atoms with van der Waals surface area (Å²) in [6, 6.07) is 8.42. The van der Waals surface area contributed by atoms with E-state index in [0.29, 0.717) is 0 Å². The predicted molar refractivity (Wildman–Crippen MR) is 75.6 cm³/mol. The van der Waals surface area contributed by atoms with Crippen molar-refractivity contribution in [1.29, 1.82) is 0 Å². The number of rotatable bonds is 0. The van der Waals surface area contributed by atoms with Crippen LogP contribution in [0.5, 0.6) is 0 Å². The molecule has 0 saturated heterocycles. The zero-order chi connectivity index (χ0) is 13.7. The average molecular weight is 259 g/mol. The van der Waals surface area contributed by atoms with E-state index in [4.69, 9.17) is 9.83 Å². The molecule has 1 aliphatic heterocycles. The van der Waals surface area contributed by atoms with Gasteiger partial charge in [0.1, 0.15) is 0 Å². The van der Waals surface area contributed by atoms with Gasteiger partial charge in [0.2, 0.25) is 11.7 Å². The SMILES string of the molecule is CN1OC2(CCc3ccccc32)N=C1NC(C)(C)C. The van der Waals surface area contributed by atoms with E-state index < -0.39 is 5.72 Å². The lowest BCUT2D eigenvalue weighted by atomic mass is 10.1. The Bertz CT molecular complexity index is 532. The van der Waals surface area contributed by atoms with E-state index in [2.05, 4.69) is 50.4 Å². The van der Waals surface area contributed by atoms with Gasteiger partial charge >= 0.3 is 0 Å². The number of hydrogen-bond donors (Lipinski definition) is 1. The third-order valence-electron chi connectivity index (χ3n) is 3.53. The van der Waals surface area contributed by atoms with E-state index in [1.807, 2.05) is 7.05 Å². The number of benzene rings is 1. The molecule has 1 aliphatic carbocycles. The minimum absolute atomic E-state index is 0.0277. The van der Waals surface area contributed by atoms with Crippen LogP contribution in [-0.4, -0.2) is 23.6 Å². The molecule has 1 heterocycles. The van der Waals surface area contributed by atoms with Crippen molar-refractivity contribution in [2.45, 2.75) is 44.9 Å². The van der Waals surface area contributed by atoms with Crippen LogP contribution in [0.2, 0.25) is 0 Å². The molecule has 3 rings (SSSR count). The second-order valence-corrected chi connectivity index (χ2v) is 6.34. The molecule has 102 valence electrons. The highest BCUT2D eigenvalue weighted by Crippen LogP contribution is 2.44. The van der Waals surface area contributed by atoms with Crippen molar-refractivity contribution in [3.63, 3.8) is 0 Å². The topological polar surface area (TPSA) is 36.9 Å². The Morgan fingerprint density at radius 3 is 2.79 bits per heavy atom. The maximum Gasteiger partial charge on any atom is 0.221 e. The molecule has 1 spiro atoms. The van der Waals surface area contributed by atoms with Crippen LogP contribution >= 0.6 is 0 Å². The number of aryl methyl sites for hydroxylation is 1. The van der Waals surface area contributed by atoms with E-state index in [0.717, 1.165) is 18.8 Å². The summed E-state index contributed by atoms with van der Waals surface area (Å²) in [5.74, 6) is 0.809. The molecule has 0 aromatic heterocycles. The highest BCUT2D eigenvalue weighted by Gasteiger charge is 2.46. The van der Waals surface area contributed by atoms with Crippen LogP contribution in [0.4, 0.5) is 0 Å². The van der Waals surface area contributed by atoms with Crippen LogP contribution in [0.1, 0.15) is 38.3 Å². The largest absolute Gasteiger partial charge is 0.350 e. The van der Waals surface area contributed by atoms with Crippen LogP contribution in [-0.2, 0) is 17.0 Å². The van der Waals surface area contributed by atoms with Gasteiger partial charge in [0.25, 0.3) is 0 Å². The molecule has 4 heteroatoms. The van der Waals surface area contributed by atoms with E-state index >= 15 is 0 Å². The Kier molecular flexibility index (Phi) is 2.61. The van der Waals surface area contributed by atoms with Crippen molar-refractivity contribution >= 4 is 5.96 Å². The summed E-state index contributed by atoms with van der Waals surface area (Å²) in [6.07, 6.45) is 1.93. The molecule has 0 amide bonds. The van der Waals surface area contributed by atoms with E-state index in [1.54, 1.807) is 5.06 Å². The number of aliphatic imine (C=N–C) groups is 1. The molecule has 1 aromatic carbocycles. The summed E-state index contributed by atoms with van der Waals surface area (Å²) in [6.45, 7) is 6.37. The third-order valence-corrected chi connectivity index (χ3v) is 3.53. The normalized spacial score (nSPS) is 25.7. The lowest BCUT2D eigenvalue weighted by molar-refractivity contribution is -0.172. The second-order valence-electron chi connectivity index (χ2n) is 6.34. The van der Waals surface area contributed by atoms with Gasteiger partial charge in [-0.2, -0.15) is 0 Å². The Balaban J connectivity index is 1.96. The van der Waals surface area contributed by atoms with Crippen LogP contribution in [0.15, 0.2) is 29.3 Å². The lowest BCUT2D eigenvalue weighted by Crippen LogP contribution is -2.45. The Morgan fingerprint density at radius 2 is 2.05 bits per heavy atom. The molecular weight excluding hydrogens is 238 g/mol. The first-order valence-electron chi connectivity index (χ1n) is 6.79. The van der Waals surface area contributed by atoms with Gasteiger partial charge in [-0.3, -0.25) is 0 Å². The summed E-state index contributed by atoms with van der Waals surface area (Å²) in [7, 11) is 1.91. The minimum atomic E-state index is -0.515. The van der Waals surface area contributed by atoms with Gasteiger partial charge in [0, 0.05) is 24.6 Å². The molecule has 1 N–H and O–H groups in total. The van der Waals surface area contributed by atoms with Crippen LogP contribution in [0.3, 0.4) is 0 Å². The van der Waals surface area contributed by atoms with Gasteiger partial charge in [-0.25, -0.2) is 14.9 Å². The molecule has 0 fully saturated rings. The van der Waals surface area contributed by atoms with Crippen molar-refractivity contribution in [3.05, 3.63) is 35.4 Å². The van der Waals surface area contributed by atoms with Gasteiger partial charge in [0.05, 0.1) is 0 Å². The quantitative estimate of drug-likeness (QED) is 0.777. The second kappa shape index (κ2) is 3.97. The highest BCUT2D eigenvalue weighted by molar-refractivity contribution is 5.81. The fraction of sp³-hybridized carbons (Fsp3) is 0.533. The van der Waals surface area contributed by atoms with E-state index in [-0.39, 0.29) is 5.54 Å². The van der Waals surface area contributed by atoms with Gasteiger partial charge in [-0.15, -0.1) is 0 Å². The van der Waals surface area contributed by atoms with E-state index in [1.165, 1.54) is 11.1 Å². The van der Waals surface area contributed by atoms with Gasteiger partial charge < -0.3 is 5.32 Å². The fourth-order valence-corrected chi connectivity index (χ4v) is 2.74. The maximum absolute atomic E-state index is 6.06. The molecule has 2 aliphatic rings. The third kappa shape index (κ3) is 2.10. The van der Waals surface area contributed by atoms with E-state index in [9.17, 15) is 0 Å². The number of nitrogens with zero attached hydrogens (tertiary/aromatic N) is 2. The number of hydroxylamine groups is 2. The summed E-state index contributed by atoms with van der Waals surface area (Å²) in [5, 5.41) is 5.16. The molecule has 1 atom stereocenters. The minimum Gasteiger partial charge on any atom is -0.350 e. The predicted octanol–water partition coefficient (Wildman–Crippen LogP) is 2.41. The summed E-state index contributed by atoms with van der Waals surface area (Å²) in [4.78, 5) is 10.9. The zero-order valence-corrected chi connectivity index (χ0v) is 12.0. The van der Waals surface area contributed by atoms with Gasteiger partial charge in [-0.05, 0) is 32.8 Å². The molecule has 19 heavy (non-hydrogen) atoms. The fourth-order valence-electron chi connectivity index (χ4n) is 2.74. The Labute approximate surface area is 114 Å². The number of hydrogen-bond acceptors (Lipinski definition) is 4. The molecule has 0 radical (unpaired) electrons. The molecule has 4 nitrogen and oxygen atoms in total. The van der Waals surface area contributed by atoms with Crippen molar-refractivity contribution in [1.82, 2.24) is 10.4 Å². The number of guanidine groups is 1. The summed E-state index contributed by atoms with van der Waals surface area (Å²) < 4.78 is 0. The Morgan fingerprint density at radius 1 is 1.32 bits per heavy atom. The summed E-state index contributed by atoms with van der Waals surface area (Å²) in [5.41, 5.74) is 2.00. The van der Waals surface area contributed by atoms with Crippen LogP contribution < -0.4 is 5.32 Å². The smallest absolute Gasteiger partial charge is 0.221 e. The van der Waals surface area contributed by atoms with Crippen molar-refractivity contribution < 1.29 is 4.84 Å². The van der Waals surface area contributed by atoms with Crippen LogP contribution in [0.25, 0.3) is 0 Å². The average Bonchev–Trinajstić information content (AvgIpc) is 2.81. The molecule has 1 aromatic rings. The Hall–Kier alpha value is -1.55. The standard InChI is InChI=1S/C15H21N3O/c1-14(2,3)16-13-17-15(19-18(13)4)10-9-11-7-5-6-8-12(11)15/h5-8H,9-10H2,1-4H3,(H,16,17). The van der Waals surface area contributed by atoms with Crippen molar-refractivity contribution in [2.24, 2.45) is 4.99 Å². The number of fused-ring (bicyclic) bond motifs is 2. The first-order valence-corrected chi connectivity index (χ1v) is 6.79. The lowest BCUT2D eigenvalue weighted by Gasteiger charge is -2.25. The molecule has 0 bridgehead atoms. The zero-order valence-electron chi connectivity index (χ0n) is 12.0. The maximum atomic E-state index is 6.06. The molecule has 1 unspecified atom stereocenters. The molecule has 0 saturated carbocycles. The van der Waals surface area contributed by atoms with Gasteiger partial charge in [0.15, 0.2) is 0 Å². The summed E-state index contributed by atoms with van der Waals surface area (Å²) >= 11 is 0. The first-order chi connectivity index (χ1) is 8.90. The van der Waals surface area contributed by atoms with Crippen molar-refractivity contribution in [3.8, 4) is 0 Å². The van der Waals surface area contributed by atoms with Crippen molar-refractivity contribution in [2.75, 3.05) is 7.05 Å². The van der Waals surface area contributed by atoms with Crippen LogP contribution in [0, 0.1) is 0 Å². The molecular formula is C15H21N3O. The van der Waals surface area contributed by atoms with Gasteiger partial charge in [-0.1, -0.05) is 24.3 Å².